The van der Waals surface area contributed by atoms with Gasteiger partial charge >= 0.3 is 0 Å². The minimum atomic E-state index is -0.307. The van der Waals surface area contributed by atoms with Gasteiger partial charge in [-0.05, 0) is 61.1 Å². The van der Waals surface area contributed by atoms with Gasteiger partial charge in [0, 0.05) is 17.3 Å². The van der Waals surface area contributed by atoms with Crippen LogP contribution in [0.25, 0.3) is 0 Å². The number of ether oxygens (including phenoxy) is 3. The Hall–Kier alpha value is -3.58. The van der Waals surface area contributed by atoms with E-state index in [2.05, 4.69) is 17.6 Å². The average molecular weight is 465 g/mol. The molecule has 7 heteroatoms. The van der Waals surface area contributed by atoms with Crippen molar-refractivity contribution in [2.75, 3.05) is 25.1 Å². The van der Waals surface area contributed by atoms with Crippen LogP contribution in [0.2, 0.25) is 0 Å². The molecular weight excluding hydrogens is 436 g/mol. The van der Waals surface area contributed by atoms with Crippen LogP contribution in [-0.4, -0.2) is 30.8 Å². The molecule has 0 aliphatic rings. The molecule has 0 saturated heterocycles. The summed E-state index contributed by atoms with van der Waals surface area (Å²) in [5, 5.41) is 5.90. The summed E-state index contributed by atoms with van der Waals surface area (Å²) >= 11 is 5.30. The summed E-state index contributed by atoms with van der Waals surface area (Å²) in [4.78, 5) is 12.6. The molecule has 0 aliphatic carbocycles. The summed E-state index contributed by atoms with van der Waals surface area (Å²) in [6.07, 6.45) is 2.01. The molecule has 0 saturated carbocycles. The van der Waals surface area contributed by atoms with E-state index in [1.54, 1.807) is 18.2 Å². The van der Waals surface area contributed by atoms with Crippen molar-refractivity contribution in [3.8, 4) is 17.2 Å². The first kappa shape index (κ1) is 24.1. The van der Waals surface area contributed by atoms with Gasteiger partial charge in [-0.3, -0.25) is 10.1 Å². The molecule has 172 valence electrons. The van der Waals surface area contributed by atoms with Gasteiger partial charge in [0.2, 0.25) is 0 Å². The van der Waals surface area contributed by atoms with E-state index in [1.165, 1.54) is 0 Å². The van der Waals surface area contributed by atoms with Gasteiger partial charge in [-0.1, -0.05) is 43.7 Å². The summed E-state index contributed by atoms with van der Waals surface area (Å²) in [6.45, 7) is 3.55. The van der Waals surface area contributed by atoms with Crippen LogP contribution < -0.4 is 24.8 Å². The van der Waals surface area contributed by atoms with E-state index in [-0.39, 0.29) is 11.0 Å². The molecule has 3 rings (SSSR count). The highest BCUT2D eigenvalue weighted by molar-refractivity contribution is 7.80. The predicted molar refractivity (Wildman–Crippen MR) is 134 cm³/mol. The zero-order valence-electron chi connectivity index (χ0n) is 18.6. The molecule has 0 aliphatic heterocycles. The molecule has 0 radical (unpaired) electrons. The van der Waals surface area contributed by atoms with E-state index in [0.717, 1.165) is 18.6 Å². The lowest BCUT2D eigenvalue weighted by Gasteiger charge is -2.12. The maximum absolute atomic E-state index is 12.6. The van der Waals surface area contributed by atoms with Crippen LogP contribution in [0.4, 0.5) is 5.69 Å². The first-order valence-electron chi connectivity index (χ1n) is 10.9. The number of rotatable bonds is 11. The minimum absolute atomic E-state index is 0.196. The van der Waals surface area contributed by atoms with Crippen LogP contribution in [0.1, 0.15) is 30.1 Å². The Bertz CT molecular complexity index is 1040. The van der Waals surface area contributed by atoms with Crippen LogP contribution in [0, 0.1) is 0 Å². The van der Waals surface area contributed by atoms with Gasteiger partial charge in [-0.2, -0.15) is 0 Å². The molecule has 33 heavy (non-hydrogen) atoms. The van der Waals surface area contributed by atoms with Gasteiger partial charge in [0.25, 0.3) is 5.91 Å². The number of amides is 1. The van der Waals surface area contributed by atoms with E-state index in [4.69, 9.17) is 26.4 Å². The van der Waals surface area contributed by atoms with Crippen LogP contribution in [0.3, 0.4) is 0 Å². The fourth-order valence-corrected chi connectivity index (χ4v) is 3.11. The third-order valence-electron chi connectivity index (χ3n) is 4.55. The highest BCUT2D eigenvalue weighted by Gasteiger charge is 2.09. The second kappa shape index (κ2) is 13.1. The molecule has 0 atom stereocenters. The van der Waals surface area contributed by atoms with Crippen molar-refractivity contribution >= 4 is 28.9 Å². The molecule has 0 unspecified atom stereocenters. The summed E-state index contributed by atoms with van der Waals surface area (Å²) in [5.41, 5.74) is 1.18. The first-order valence-corrected chi connectivity index (χ1v) is 11.3. The number of unbranched alkanes of at least 4 members (excludes halogenated alkanes) is 1. The summed E-state index contributed by atoms with van der Waals surface area (Å²) in [7, 11) is 0. The van der Waals surface area contributed by atoms with Crippen LogP contribution in [-0.2, 0) is 0 Å². The second-order valence-electron chi connectivity index (χ2n) is 7.18. The molecule has 0 spiro atoms. The van der Waals surface area contributed by atoms with Crippen molar-refractivity contribution in [2.45, 2.75) is 19.8 Å². The molecule has 2 N–H and O–H groups in total. The first-order chi connectivity index (χ1) is 16.1. The number of para-hydroxylation sites is 1. The lowest BCUT2D eigenvalue weighted by molar-refractivity contribution is 0.0977. The average Bonchev–Trinajstić information content (AvgIpc) is 2.83. The monoisotopic (exact) mass is 464 g/mol. The van der Waals surface area contributed by atoms with Crippen molar-refractivity contribution < 1.29 is 19.0 Å². The smallest absolute Gasteiger partial charge is 0.257 e. The molecule has 0 fully saturated rings. The third kappa shape index (κ3) is 8.46. The molecule has 6 nitrogen and oxygen atoms in total. The summed E-state index contributed by atoms with van der Waals surface area (Å²) < 4.78 is 17.0. The van der Waals surface area contributed by atoms with Gasteiger partial charge in [-0.25, -0.2) is 0 Å². The Labute approximate surface area is 199 Å². The van der Waals surface area contributed by atoms with Gasteiger partial charge in [0.15, 0.2) is 5.11 Å². The van der Waals surface area contributed by atoms with Crippen molar-refractivity contribution in [1.82, 2.24) is 5.32 Å². The number of thiocarbonyl (C=S) groups is 1. The lowest BCUT2D eigenvalue weighted by atomic mass is 10.2. The third-order valence-corrected chi connectivity index (χ3v) is 4.75. The Morgan fingerprint density at radius 2 is 1.42 bits per heavy atom. The van der Waals surface area contributed by atoms with Crippen molar-refractivity contribution in [3.63, 3.8) is 0 Å². The van der Waals surface area contributed by atoms with Crippen LogP contribution >= 0.6 is 12.2 Å². The molecular formula is C26H28N2O4S. The molecule has 1 amide bonds. The highest BCUT2D eigenvalue weighted by atomic mass is 32.1. The second-order valence-corrected chi connectivity index (χ2v) is 7.58. The highest BCUT2D eigenvalue weighted by Crippen LogP contribution is 2.18. The number of hydrogen-bond acceptors (Lipinski definition) is 5. The number of hydrogen-bond donors (Lipinski definition) is 2. The standard InChI is InChI=1S/C26H28N2O4S/c1-2-3-15-30-23-13-7-9-20(18-23)25(29)28-26(33)27-21-10-8-14-24(19-21)32-17-16-31-22-11-5-4-6-12-22/h4-14,18-19H,2-3,15-17H2,1H3,(H2,27,28,29,33). The van der Waals surface area contributed by atoms with E-state index in [9.17, 15) is 4.79 Å². The molecule has 0 heterocycles. The Morgan fingerprint density at radius 3 is 2.18 bits per heavy atom. The topological polar surface area (TPSA) is 68.8 Å². The van der Waals surface area contributed by atoms with Crippen molar-refractivity contribution in [1.29, 1.82) is 0 Å². The SMILES string of the molecule is CCCCOc1cccc(C(=O)NC(=S)Nc2cccc(OCCOc3ccccc3)c2)c1. The van der Waals surface area contributed by atoms with E-state index in [0.29, 0.717) is 42.6 Å². The van der Waals surface area contributed by atoms with Gasteiger partial charge in [0.1, 0.15) is 30.5 Å². The maximum atomic E-state index is 12.6. The van der Waals surface area contributed by atoms with Crippen molar-refractivity contribution in [2.24, 2.45) is 0 Å². The van der Waals surface area contributed by atoms with Gasteiger partial charge < -0.3 is 19.5 Å². The van der Waals surface area contributed by atoms with E-state index in [1.807, 2.05) is 60.7 Å². The molecule has 3 aromatic rings. The maximum Gasteiger partial charge on any atom is 0.257 e. The fourth-order valence-electron chi connectivity index (χ4n) is 2.90. The van der Waals surface area contributed by atoms with E-state index >= 15 is 0 Å². The lowest BCUT2D eigenvalue weighted by Crippen LogP contribution is -2.34. The van der Waals surface area contributed by atoms with E-state index < -0.39 is 0 Å². The Morgan fingerprint density at radius 1 is 0.788 bits per heavy atom. The number of benzene rings is 3. The number of carbonyl (C=O) groups is 1. The molecule has 3 aromatic carbocycles. The Kier molecular flexibility index (Phi) is 9.54. The van der Waals surface area contributed by atoms with Crippen LogP contribution in [0.15, 0.2) is 78.9 Å². The summed E-state index contributed by atoms with van der Waals surface area (Å²) in [5.74, 6) is 1.83. The molecule has 0 bridgehead atoms. The molecule has 0 aromatic heterocycles. The van der Waals surface area contributed by atoms with Gasteiger partial charge in [0.05, 0.1) is 6.61 Å². The number of carbonyl (C=O) groups excluding carboxylic acids is 1. The fraction of sp³-hybridized carbons (Fsp3) is 0.231. The largest absolute Gasteiger partial charge is 0.494 e. The zero-order chi connectivity index (χ0) is 23.3. The van der Waals surface area contributed by atoms with Crippen LogP contribution in [0.5, 0.6) is 17.2 Å². The predicted octanol–water partition coefficient (Wildman–Crippen LogP) is 5.45. The minimum Gasteiger partial charge on any atom is -0.494 e. The Balaban J connectivity index is 1.46. The zero-order valence-corrected chi connectivity index (χ0v) is 19.4. The van der Waals surface area contributed by atoms with Gasteiger partial charge in [-0.15, -0.1) is 0 Å². The number of anilines is 1. The quantitative estimate of drug-likeness (QED) is 0.291. The summed E-state index contributed by atoms with van der Waals surface area (Å²) in [6, 6.07) is 24.0. The normalized spacial score (nSPS) is 10.2. The number of nitrogens with one attached hydrogen (secondary N) is 2. The van der Waals surface area contributed by atoms with Crippen molar-refractivity contribution in [3.05, 3.63) is 84.4 Å².